The third kappa shape index (κ3) is 4.46. The molecule has 0 bridgehead atoms. The molecule has 4 rings (SSSR count). The molecule has 9 heteroatoms. The Balaban J connectivity index is 1.66. The molecule has 0 spiro atoms. The molecule has 166 valence electrons. The maximum absolute atomic E-state index is 13.8. The number of carbonyl (C=O) groups excluding carboxylic acids is 2. The maximum Gasteiger partial charge on any atom is 0.272 e. The SMILES string of the molecule is CC(C)(C)C(NC(=O)c1nc(-c2ccc(F)c(F)c2)n2c1COCC2)C(=O)NC1CC1. The minimum absolute atomic E-state index is 0.118. The van der Waals surface area contributed by atoms with Crippen LogP contribution in [0.5, 0.6) is 0 Å². The Morgan fingerprint density at radius 3 is 2.61 bits per heavy atom. The number of imidazole rings is 1. The number of amides is 2. The van der Waals surface area contributed by atoms with E-state index in [0.717, 1.165) is 25.0 Å². The average molecular weight is 432 g/mol. The molecule has 1 atom stereocenters. The van der Waals surface area contributed by atoms with E-state index in [1.54, 1.807) is 4.57 Å². The fraction of sp³-hybridized carbons (Fsp3) is 0.500. The molecule has 2 heterocycles. The zero-order valence-corrected chi connectivity index (χ0v) is 17.8. The van der Waals surface area contributed by atoms with Gasteiger partial charge in [0.15, 0.2) is 17.3 Å². The summed E-state index contributed by atoms with van der Waals surface area (Å²) >= 11 is 0. The maximum atomic E-state index is 13.8. The van der Waals surface area contributed by atoms with Gasteiger partial charge in [-0.25, -0.2) is 13.8 Å². The highest BCUT2D eigenvalue weighted by Gasteiger charge is 2.37. The van der Waals surface area contributed by atoms with Crippen LogP contribution >= 0.6 is 0 Å². The average Bonchev–Trinajstić information content (AvgIpc) is 3.44. The Kier molecular flexibility index (Phi) is 5.55. The highest BCUT2D eigenvalue weighted by Crippen LogP contribution is 2.28. The Morgan fingerprint density at radius 2 is 1.97 bits per heavy atom. The van der Waals surface area contributed by atoms with Crippen molar-refractivity contribution in [3.63, 3.8) is 0 Å². The lowest BCUT2D eigenvalue weighted by Gasteiger charge is -2.30. The summed E-state index contributed by atoms with van der Waals surface area (Å²) in [5.74, 6) is -2.32. The smallest absolute Gasteiger partial charge is 0.272 e. The zero-order valence-electron chi connectivity index (χ0n) is 17.8. The fourth-order valence-electron chi connectivity index (χ4n) is 3.62. The summed E-state index contributed by atoms with van der Waals surface area (Å²) in [7, 11) is 0. The molecule has 31 heavy (non-hydrogen) atoms. The first kappa shape index (κ1) is 21.4. The monoisotopic (exact) mass is 432 g/mol. The molecule has 0 radical (unpaired) electrons. The quantitative estimate of drug-likeness (QED) is 0.761. The number of hydrogen-bond donors (Lipinski definition) is 2. The van der Waals surface area contributed by atoms with Crippen molar-refractivity contribution >= 4 is 11.8 Å². The van der Waals surface area contributed by atoms with E-state index in [-0.39, 0.29) is 24.2 Å². The molecular formula is C22H26F2N4O3. The molecule has 7 nitrogen and oxygen atoms in total. The third-order valence-electron chi connectivity index (χ3n) is 5.49. The summed E-state index contributed by atoms with van der Waals surface area (Å²) in [6, 6.07) is 2.93. The standard InChI is InChI=1S/C22H26F2N4O3/c1-22(2,3)18(21(30)25-13-5-6-13)27-20(29)17-16-11-31-9-8-28(16)19(26-17)12-4-7-14(23)15(24)10-12/h4,7,10,13,18H,5-6,8-9,11H2,1-3H3,(H,25,30)(H,27,29). The van der Waals surface area contributed by atoms with Gasteiger partial charge in [0.2, 0.25) is 5.91 Å². The van der Waals surface area contributed by atoms with Gasteiger partial charge in [0.25, 0.3) is 5.91 Å². The molecule has 2 amide bonds. The first-order chi connectivity index (χ1) is 14.6. The number of benzene rings is 1. The van der Waals surface area contributed by atoms with Gasteiger partial charge >= 0.3 is 0 Å². The summed E-state index contributed by atoms with van der Waals surface area (Å²) in [6.45, 7) is 6.63. The van der Waals surface area contributed by atoms with Gasteiger partial charge in [0.1, 0.15) is 11.9 Å². The predicted molar refractivity (Wildman–Crippen MR) is 109 cm³/mol. The van der Waals surface area contributed by atoms with Crippen LogP contribution in [0.2, 0.25) is 0 Å². The van der Waals surface area contributed by atoms with Crippen LogP contribution < -0.4 is 10.6 Å². The van der Waals surface area contributed by atoms with E-state index in [1.807, 2.05) is 20.8 Å². The molecular weight excluding hydrogens is 406 g/mol. The number of carbonyl (C=O) groups is 2. The van der Waals surface area contributed by atoms with Crippen LogP contribution in [0.3, 0.4) is 0 Å². The van der Waals surface area contributed by atoms with Crippen molar-refractivity contribution in [3.05, 3.63) is 41.2 Å². The Morgan fingerprint density at radius 1 is 1.23 bits per heavy atom. The minimum atomic E-state index is -0.988. The van der Waals surface area contributed by atoms with Crippen molar-refractivity contribution in [2.24, 2.45) is 5.41 Å². The fourth-order valence-corrected chi connectivity index (χ4v) is 3.62. The second-order valence-electron chi connectivity index (χ2n) is 9.12. The Labute approximate surface area is 179 Å². The van der Waals surface area contributed by atoms with Gasteiger partial charge in [-0.05, 0) is 36.5 Å². The number of nitrogens with one attached hydrogen (secondary N) is 2. The topological polar surface area (TPSA) is 85.2 Å². The van der Waals surface area contributed by atoms with Crippen LogP contribution in [0.1, 0.15) is 49.8 Å². The van der Waals surface area contributed by atoms with Gasteiger partial charge in [-0.1, -0.05) is 20.8 Å². The van der Waals surface area contributed by atoms with E-state index in [0.29, 0.717) is 30.2 Å². The van der Waals surface area contributed by atoms with Gasteiger partial charge in [0.05, 0.1) is 18.9 Å². The molecule has 1 aliphatic carbocycles. The number of rotatable bonds is 5. The molecule has 2 aliphatic rings. The highest BCUT2D eigenvalue weighted by atomic mass is 19.2. The van der Waals surface area contributed by atoms with Gasteiger partial charge in [-0.2, -0.15) is 0 Å². The molecule has 0 saturated heterocycles. The minimum Gasteiger partial charge on any atom is -0.373 e. The van der Waals surface area contributed by atoms with E-state index < -0.39 is 29.0 Å². The predicted octanol–water partition coefficient (Wildman–Crippen LogP) is 2.78. The summed E-state index contributed by atoms with van der Waals surface area (Å²) in [6.07, 6.45) is 1.89. The summed E-state index contributed by atoms with van der Waals surface area (Å²) < 4.78 is 34.5. The van der Waals surface area contributed by atoms with Gasteiger partial charge in [-0.3, -0.25) is 9.59 Å². The lowest BCUT2D eigenvalue weighted by atomic mass is 9.86. The zero-order chi connectivity index (χ0) is 22.3. The molecule has 2 aromatic rings. The molecule has 2 N–H and O–H groups in total. The number of halogens is 2. The van der Waals surface area contributed by atoms with E-state index >= 15 is 0 Å². The van der Waals surface area contributed by atoms with Crippen LogP contribution in [-0.2, 0) is 22.7 Å². The van der Waals surface area contributed by atoms with Crippen LogP contribution in [0, 0.1) is 17.0 Å². The summed E-state index contributed by atoms with van der Waals surface area (Å²) in [5, 5.41) is 5.77. The first-order valence-electron chi connectivity index (χ1n) is 10.4. The normalized spacial score (nSPS) is 17.1. The van der Waals surface area contributed by atoms with Gasteiger partial charge in [-0.15, -0.1) is 0 Å². The van der Waals surface area contributed by atoms with Crippen molar-refractivity contribution < 1.29 is 23.1 Å². The van der Waals surface area contributed by atoms with Crippen molar-refractivity contribution in [2.45, 2.75) is 58.8 Å². The van der Waals surface area contributed by atoms with Gasteiger partial charge < -0.3 is 19.9 Å². The lowest BCUT2D eigenvalue weighted by Crippen LogP contribution is -2.54. The lowest BCUT2D eigenvalue weighted by molar-refractivity contribution is -0.125. The first-order valence-corrected chi connectivity index (χ1v) is 10.4. The Hall–Kier alpha value is -2.81. The van der Waals surface area contributed by atoms with Crippen molar-refractivity contribution in [3.8, 4) is 11.4 Å². The van der Waals surface area contributed by atoms with Crippen molar-refractivity contribution in [2.75, 3.05) is 6.61 Å². The summed E-state index contributed by atoms with van der Waals surface area (Å²) in [5.41, 5.74) is 0.500. The largest absolute Gasteiger partial charge is 0.373 e. The second kappa shape index (κ2) is 8.03. The summed E-state index contributed by atoms with van der Waals surface area (Å²) in [4.78, 5) is 30.4. The number of hydrogen-bond acceptors (Lipinski definition) is 4. The van der Waals surface area contributed by atoms with Crippen LogP contribution in [0.25, 0.3) is 11.4 Å². The number of aromatic nitrogens is 2. The van der Waals surface area contributed by atoms with E-state index in [9.17, 15) is 18.4 Å². The number of fused-ring (bicyclic) bond motifs is 1. The van der Waals surface area contributed by atoms with E-state index in [2.05, 4.69) is 15.6 Å². The molecule has 1 aromatic carbocycles. The van der Waals surface area contributed by atoms with Gasteiger partial charge in [0, 0.05) is 18.2 Å². The molecule has 1 fully saturated rings. The third-order valence-corrected chi connectivity index (χ3v) is 5.49. The molecule has 1 aliphatic heterocycles. The van der Waals surface area contributed by atoms with Crippen molar-refractivity contribution in [1.29, 1.82) is 0 Å². The Bertz CT molecular complexity index is 1020. The molecule has 1 aromatic heterocycles. The number of nitrogens with zero attached hydrogens (tertiary/aromatic N) is 2. The van der Waals surface area contributed by atoms with Crippen LogP contribution in [-0.4, -0.2) is 40.1 Å². The second-order valence-corrected chi connectivity index (χ2v) is 9.12. The van der Waals surface area contributed by atoms with Crippen LogP contribution in [0.15, 0.2) is 18.2 Å². The van der Waals surface area contributed by atoms with E-state index in [4.69, 9.17) is 4.74 Å². The molecule has 1 saturated carbocycles. The highest BCUT2D eigenvalue weighted by molar-refractivity contribution is 5.98. The molecule has 1 unspecified atom stereocenters. The number of ether oxygens (including phenoxy) is 1. The van der Waals surface area contributed by atoms with Crippen molar-refractivity contribution in [1.82, 2.24) is 20.2 Å². The van der Waals surface area contributed by atoms with Crippen LogP contribution in [0.4, 0.5) is 8.78 Å². The van der Waals surface area contributed by atoms with E-state index in [1.165, 1.54) is 6.07 Å².